The van der Waals surface area contributed by atoms with Crippen molar-refractivity contribution in [3.05, 3.63) is 0 Å². The van der Waals surface area contributed by atoms with Gasteiger partial charge in [-0.1, -0.05) is 26.7 Å². The zero-order valence-electron chi connectivity index (χ0n) is 12.6. The molecular weight excluding hydrogens is 236 g/mol. The van der Waals surface area contributed by atoms with Gasteiger partial charge in [-0.3, -0.25) is 4.79 Å². The lowest BCUT2D eigenvalue weighted by molar-refractivity contribution is -0.126. The Hall–Kier alpha value is -0.570. The first-order valence-corrected chi connectivity index (χ1v) is 8.10. The molecule has 0 unspecified atom stereocenters. The first kappa shape index (κ1) is 14.8. The van der Waals surface area contributed by atoms with Gasteiger partial charge >= 0.3 is 0 Å². The van der Waals surface area contributed by atoms with E-state index in [1.807, 2.05) is 0 Å². The molecule has 19 heavy (non-hydrogen) atoms. The minimum absolute atomic E-state index is 0.200. The number of carbonyl (C=O) groups excluding carboxylic acids is 1. The number of rotatable bonds is 5. The molecule has 1 amide bonds. The molecule has 2 fully saturated rings. The third-order valence-corrected chi connectivity index (χ3v) is 4.81. The summed E-state index contributed by atoms with van der Waals surface area (Å²) in [5.41, 5.74) is 0.395. The van der Waals surface area contributed by atoms with Crippen molar-refractivity contribution >= 4 is 5.91 Å². The van der Waals surface area contributed by atoms with Crippen molar-refractivity contribution in [3.63, 3.8) is 0 Å². The molecule has 0 aromatic carbocycles. The van der Waals surface area contributed by atoms with Crippen LogP contribution in [0.4, 0.5) is 0 Å². The average Bonchev–Trinajstić information content (AvgIpc) is 2.85. The zero-order valence-corrected chi connectivity index (χ0v) is 12.6. The molecular formula is C16H30N2O. The summed E-state index contributed by atoms with van der Waals surface area (Å²) in [6, 6.07) is 0. The molecule has 0 spiro atoms. The maximum Gasteiger partial charge on any atom is 0.224 e. The second kappa shape index (κ2) is 6.74. The molecule has 2 rings (SSSR count). The van der Waals surface area contributed by atoms with E-state index in [9.17, 15) is 4.79 Å². The summed E-state index contributed by atoms with van der Waals surface area (Å²) in [7, 11) is 0. The van der Waals surface area contributed by atoms with Gasteiger partial charge in [0.25, 0.3) is 0 Å². The molecule has 0 aromatic rings. The highest BCUT2D eigenvalue weighted by Gasteiger charge is 2.35. The summed E-state index contributed by atoms with van der Waals surface area (Å²) in [6.45, 7) is 7.44. The molecule has 3 heteroatoms. The molecule has 1 aliphatic carbocycles. The van der Waals surface area contributed by atoms with Crippen LogP contribution in [0.5, 0.6) is 0 Å². The van der Waals surface area contributed by atoms with Crippen molar-refractivity contribution < 1.29 is 4.79 Å². The standard InChI is InChI=1S/C16H30N2O/c1-13(2)10-16(7-3-4-8-16)12-18-15(19)14-6-5-9-17-11-14/h13-14,17H,3-12H2,1-2H3,(H,18,19)/t14-/m0/s1. The summed E-state index contributed by atoms with van der Waals surface area (Å²) in [5, 5.41) is 6.59. The Morgan fingerprint density at radius 2 is 2.05 bits per heavy atom. The highest BCUT2D eigenvalue weighted by molar-refractivity contribution is 5.79. The van der Waals surface area contributed by atoms with Crippen LogP contribution in [0.25, 0.3) is 0 Å². The quantitative estimate of drug-likeness (QED) is 0.803. The van der Waals surface area contributed by atoms with E-state index in [-0.39, 0.29) is 11.8 Å². The predicted octanol–water partition coefficient (Wildman–Crippen LogP) is 2.71. The van der Waals surface area contributed by atoms with E-state index in [0.29, 0.717) is 5.41 Å². The average molecular weight is 266 g/mol. The number of hydrogen-bond donors (Lipinski definition) is 2. The fourth-order valence-electron chi connectivity index (χ4n) is 3.94. The van der Waals surface area contributed by atoms with Gasteiger partial charge in [0, 0.05) is 13.1 Å². The number of amides is 1. The number of nitrogens with one attached hydrogen (secondary N) is 2. The number of hydrogen-bond acceptors (Lipinski definition) is 2. The van der Waals surface area contributed by atoms with Gasteiger partial charge in [0.2, 0.25) is 5.91 Å². The topological polar surface area (TPSA) is 41.1 Å². The molecule has 0 radical (unpaired) electrons. The van der Waals surface area contributed by atoms with Gasteiger partial charge in [0.1, 0.15) is 0 Å². The molecule has 2 N–H and O–H groups in total. The second-order valence-corrected chi connectivity index (χ2v) is 7.07. The summed E-state index contributed by atoms with van der Waals surface area (Å²) >= 11 is 0. The highest BCUT2D eigenvalue weighted by atomic mass is 16.1. The van der Waals surface area contributed by atoms with E-state index in [4.69, 9.17) is 0 Å². The van der Waals surface area contributed by atoms with Crippen molar-refractivity contribution in [2.75, 3.05) is 19.6 Å². The van der Waals surface area contributed by atoms with Gasteiger partial charge in [-0.15, -0.1) is 0 Å². The molecule has 1 saturated heterocycles. The van der Waals surface area contributed by atoms with Crippen LogP contribution in [-0.2, 0) is 4.79 Å². The van der Waals surface area contributed by atoms with E-state index in [1.54, 1.807) is 0 Å². The van der Waals surface area contributed by atoms with E-state index in [0.717, 1.165) is 38.4 Å². The molecule has 0 aromatic heterocycles. The monoisotopic (exact) mass is 266 g/mol. The lowest BCUT2D eigenvalue weighted by Crippen LogP contribution is -2.44. The van der Waals surface area contributed by atoms with Crippen molar-refractivity contribution in [3.8, 4) is 0 Å². The molecule has 3 nitrogen and oxygen atoms in total. The first-order chi connectivity index (χ1) is 9.11. The van der Waals surface area contributed by atoms with Crippen LogP contribution in [0.3, 0.4) is 0 Å². The summed E-state index contributed by atoms with van der Waals surface area (Å²) in [6.07, 6.45) is 8.73. The third-order valence-electron chi connectivity index (χ3n) is 4.81. The summed E-state index contributed by atoms with van der Waals surface area (Å²) < 4.78 is 0. The summed E-state index contributed by atoms with van der Waals surface area (Å²) in [4.78, 5) is 12.2. The van der Waals surface area contributed by atoms with Gasteiger partial charge in [-0.05, 0) is 50.0 Å². The van der Waals surface area contributed by atoms with Crippen LogP contribution in [0, 0.1) is 17.3 Å². The normalized spacial score (nSPS) is 26.6. The molecule has 1 saturated carbocycles. The molecule has 1 atom stereocenters. The fraction of sp³-hybridized carbons (Fsp3) is 0.938. The molecule has 2 aliphatic rings. The maximum absolute atomic E-state index is 12.2. The first-order valence-electron chi connectivity index (χ1n) is 8.10. The van der Waals surface area contributed by atoms with Crippen LogP contribution in [0.15, 0.2) is 0 Å². The Kier molecular flexibility index (Phi) is 5.26. The lowest BCUT2D eigenvalue weighted by atomic mass is 9.78. The van der Waals surface area contributed by atoms with Crippen molar-refractivity contribution in [2.24, 2.45) is 17.3 Å². The van der Waals surface area contributed by atoms with E-state index < -0.39 is 0 Å². The molecule has 110 valence electrons. The van der Waals surface area contributed by atoms with Crippen LogP contribution in [-0.4, -0.2) is 25.5 Å². The van der Waals surface area contributed by atoms with Crippen molar-refractivity contribution in [1.82, 2.24) is 10.6 Å². The Bertz CT molecular complexity index is 289. The van der Waals surface area contributed by atoms with Crippen molar-refractivity contribution in [2.45, 2.75) is 58.8 Å². The van der Waals surface area contributed by atoms with Gasteiger partial charge in [0.15, 0.2) is 0 Å². The Labute approximate surface area is 117 Å². The Morgan fingerprint density at radius 1 is 1.32 bits per heavy atom. The van der Waals surface area contributed by atoms with Crippen molar-refractivity contribution in [1.29, 1.82) is 0 Å². The number of piperidine rings is 1. The fourth-order valence-corrected chi connectivity index (χ4v) is 3.94. The van der Waals surface area contributed by atoms with Crippen LogP contribution < -0.4 is 10.6 Å². The van der Waals surface area contributed by atoms with E-state index >= 15 is 0 Å². The Balaban J connectivity index is 1.82. The minimum Gasteiger partial charge on any atom is -0.355 e. The van der Waals surface area contributed by atoms with Gasteiger partial charge in [-0.25, -0.2) is 0 Å². The SMILES string of the molecule is CC(C)CC1(CNC(=O)[C@H]2CCCNC2)CCCC1. The second-order valence-electron chi connectivity index (χ2n) is 7.07. The van der Waals surface area contributed by atoms with Gasteiger partial charge in [0.05, 0.1) is 5.92 Å². The molecule has 1 heterocycles. The van der Waals surface area contributed by atoms with Crippen LogP contribution >= 0.6 is 0 Å². The largest absolute Gasteiger partial charge is 0.355 e. The van der Waals surface area contributed by atoms with E-state index in [1.165, 1.54) is 32.1 Å². The highest BCUT2D eigenvalue weighted by Crippen LogP contribution is 2.42. The van der Waals surface area contributed by atoms with Crippen LogP contribution in [0.1, 0.15) is 58.8 Å². The maximum atomic E-state index is 12.2. The lowest BCUT2D eigenvalue weighted by Gasteiger charge is -2.32. The smallest absolute Gasteiger partial charge is 0.224 e. The third kappa shape index (κ3) is 4.20. The Morgan fingerprint density at radius 3 is 2.63 bits per heavy atom. The molecule has 0 bridgehead atoms. The van der Waals surface area contributed by atoms with E-state index in [2.05, 4.69) is 24.5 Å². The summed E-state index contributed by atoms with van der Waals surface area (Å²) in [5.74, 6) is 1.21. The number of carbonyl (C=O) groups is 1. The van der Waals surface area contributed by atoms with Gasteiger partial charge in [-0.2, -0.15) is 0 Å². The minimum atomic E-state index is 0.200. The zero-order chi connectivity index (χ0) is 13.7. The predicted molar refractivity (Wildman–Crippen MR) is 79.0 cm³/mol. The molecule has 1 aliphatic heterocycles. The van der Waals surface area contributed by atoms with Crippen LogP contribution in [0.2, 0.25) is 0 Å². The van der Waals surface area contributed by atoms with Gasteiger partial charge < -0.3 is 10.6 Å².